The molecule has 4 aromatic rings. The van der Waals surface area contributed by atoms with Gasteiger partial charge in [-0.05, 0) is 92.2 Å². The van der Waals surface area contributed by atoms with Gasteiger partial charge in [0.1, 0.15) is 5.70 Å². The van der Waals surface area contributed by atoms with Crippen LogP contribution >= 0.6 is 11.8 Å². The topological polar surface area (TPSA) is 108 Å². The van der Waals surface area contributed by atoms with E-state index in [9.17, 15) is 19.2 Å². The Hall–Kier alpha value is -5.15. The van der Waals surface area contributed by atoms with E-state index in [-0.39, 0.29) is 17.4 Å². The van der Waals surface area contributed by atoms with Crippen LogP contribution in [0.4, 0.5) is 17.1 Å². The van der Waals surface area contributed by atoms with Crippen LogP contribution in [0.3, 0.4) is 0 Å². The summed E-state index contributed by atoms with van der Waals surface area (Å²) in [6, 6.07) is 30.2. The van der Waals surface area contributed by atoms with Crippen LogP contribution in [-0.2, 0) is 9.59 Å². The normalized spacial score (nSPS) is 11.7. The monoisotopic (exact) mass is 606 g/mol. The minimum Gasteiger partial charge on any atom is -0.378 e. The van der Waals surface area contributed by atoms with E-state index in [1.807, 2.05) is 55.4 Å². The van der Waals surface area contributed by atoms with Gasteiger partial charge in [-0.15, -0.1) is 11.8 Å². The number of hydrogen-bond donors (Lipinski definition) is 3. The molecule has 0 spiro atoms. The number of carbonyl (C=O) groups excluding carboxylic acids is 4. The summed E-state index contributed by atoms with van der Waals surface area (Å²) in [5.41, 5.74) is 3.94. The highest BCUT2D eigenvalue weighted by Crippen LogP contribution is 2.27. The van der Waals surface area contributed by atoms with Crippen LogP contribution in [0, 0.1) is 0 Å². The van der Waals surface area contributed by atoms with Crippen molar-refractivity contribution < 1.29 is 19.2 Å². The number of carbonyl (C=O) groups is 4. The molecule has 0 aliphatic heterocycles. The average molecular weight is 607 g/mol. The van der Waals surface area contributed by atoms with E-state index >= 15 is 0 Å². The van der Waals surface area contributed by atoms with E-state index in [1.54, 1.807) is 79.7 Å². The molecule has 1 unspecified atom stereocenters. The lowest BCUT2D eigenvalue weighted by atomic mass is 10.1. The van der Waals surface area contributed by atoms with Crippen molar-refractivity contribution in [1.82, 2.24) is 5.32 Å². The first-order valence-electron chi connectivity index (χ1n) is 13.9. The molecule has 0 bridgehead atoms. The lowest BCUT2D eigenvalue weighted by molar-refractivity contribution is -0.115. The molecule has 3 amide bonds. The third-order valence-electron chi connectivity index (χ3n) is 6.58. The Kier molecular flexibility index (Phi) is 10.7. The first kappa shape index (κ1) is 31.8. The highest BCUT2D eigenvalue weighted by Gasteiger charge is 2.18. The Morgan fingerprint density at radius 1 is 0.750 bits per heavy atom. The summed E-state index contributed by atoms with van der Waals surface area (Å²) >= 11 is 1.34. The van der Waals surface area contributed by atoms with Gasteiger partial charge in [0.15, 0.2) is 5.78 Å². The van der Waals surface area contributed by atoms with E-state index < -0.39 is 17.1 Å². The summed E-state index contributed by atoms with van der Waals surface area (Å²) in [4.78, 5) is 53.5. The Morgan fingerprint density at radius 3 is 2.07 bits per heavy atom. The lowest BCUT2D eigenvalue weighted by Crippen LogP contribution is -2.30. The highest BCUT2D eigenvalue weighted by atomic mass is 32.2. The minimum atomic E-state index is -0.493. The second-order valence-corrected chi connectivity index (χ2v) is 11.6. The number of ketones is 1. The van der Waals surface area contributed by atoms with Crippen molar-refractivity contribution in [3.63, 3.8) is 0 Å². The summed E-state index contributed by atoms with van der Waals surface area (Å²) < 4.78 is 0. The maximum absolute atomic E-state index is 13.5. The van der Waals surface area contributed by atoms with Crippen LogP contribution < -0.4 is 20.9 Å². The predicted octanol–water partition coefficient (Wildman–Crippen LogP) is 6.48. The fraction of sp³-hybridized carbons (Fsp3) is 0.143. The lowest BCUT2D eigenvalue weighted by Gasteiger charge is -2.15. The molecule has 224 valence electrons. The molecule has 0 aromatic heterocycles. The minimum absolute atomic E-state index is 0.0429. The molecule has 3 N–H and O–H groups in total. The molecule has 0 saturated heterocycles. The van der Waals surface area contributed by atoms with Crippen LogP contribution in [0.2, 0.25) is 0 Å². The average Bonchev–Trinajstić information content (AvgIpc) is 3.01. The maximum atomic E-state index is 13.5. The zero-order chi connectivity index (χ0) is 31.6. The number of nitrogens with zero attached hydrogens (tertiary/aromatic N) is 1. The molecular weight excluding hydrogens is 572 g/mol. The van der Waals surface area contributed by atoms with Crippen molar-refractivity contribution in [3.05, 3.63) is 126 Å². The molecule has 8 nitrogen and oxygen atoms in total. The van der Waals surface area contributed by atoms with Gasteiger partial charge in [0.05, 0.1) is 5.25 Å². The number of rotatable bonds is 11. The number of Topliss-reactive ketones (excluding diaryl/α,β-unsaturated/α-hetero) is 1. The number of anilines is 3. The molecule has 0 radical (unpaired) electrons. The Balaban J connectivity index is 1.47. The van der Waals surface area contributed by atoms with Crippen LogP contribution in [0.15, 0.2) is 114 Å². The SMILES string of the molecule is CC(=O)c1ccc(NC(=O)C(C)Sc2cccc(NC(=O)/C(=C\c3ccc(N(C)C)cc3)NC(=O)c3ccccc3)c2)cc1. The van der Waals surface area contributed by atoms with Gasteiger partial charge in [-0.3, -0.25) is 19.2 Å². The first-order valence-corrected chi connectivity index (χ1v) is 14.8. The second kappa shape index (κ2) is 14.8. The van der Waals surface area contributed by atoms with E-state index in [1.165, 1.54) is 18.7 Å². The smallest absolute Gasteiger partial charge is 0.272 e. The third-order valence-corrected chi connectivity index (χ3v) is 7.68. The number of thioether (sulfide) groups is 1. The van der Waals surface area contributed by atoms with E-state index in [0.717, 1.165) is 16.1 Å². The van der Waals surface area contributed by atoms with Crippen LogP contribution in [0.1, 0.15) is 40.1 Å². The van der Waals surface area contributed by atoms with E-state index in [2.05, 4.69) is 16.0 Å². The van der Waals surface area contributed by atoms with Gasteiger partial charge in [-0.1, -0.05) is 36.4 Å². The summed E-state index contributed by atoms with van der Waals surface area (Å²) in [6.45, 7) is 3.28. The van der Waals surface area contributed by atoms with E-state index in [4.69, 9.17) is 0 Å². The standard InChI is InChI=1S/C35H34N4O4S/c1-23(40)26-15-17-28(18-16-26)36-33(41)24(2)44-31-12-8-11-29(22-31)37-35(43)32(38-34(42)27-9-6-5-7-10-27)21-25-13-19-30(20-14-25)39(3)4/h5-22,24H,1-4H3,(H,36,41)(H,37,43)(H,38,42)/b32-21+. The van der Waals surface area contributed by atoms with Crippen molar-refractivity contribution >= 4 is 58.4 Å². The number of benzene rings is 4. The number of nitrogens with one attached hydrogen (secondary N) is 3. The highest BCUT2D eigenvalue weighted by molar-refractivity contribution is 8.00. The molecule has 1 atom stereocenters. The van der Waals surface area contributed by atoms with Crippen LogP contribution in [0.5, 0.6) is 0 Å². The van der Waals surface area contributed by atoms with Crippen LogP contribution in [-0.4, -0.2) is 42.9 Å². The van der Waals surface area contributed by atoms with Crippen molar-refractivity contribution in [1.29, 1.82) is 0 Å². The van der Waals surface area contributed by atoms with Crippen molar-refractivity contribution in [2.75, 3.05) is 29.6 Å². The molecule has 0 aliphatic carbocycles. The summed E-state index contributed by atoms with van der Waals surface area (Å²) in [6.07, 6.45) is 1.63. The molecule has 4 rings (SSSR count). The summed E-state index contributed by atoms with van der Waals surface area (Å²) in [5, 5.41) is 8.05. The van der Waals surface area contributed by atoms with Crippen molar-refractivity contribution in [2.45, 2.75) is 24.0 Å². The Bertz CT molecular complexity index is 1670. The largest absolute Gasteiger partial charge is 0.378 e. The van der Waals surface area contributed by atoms with Gasteiger partial charge in [-0.25, -0.2) is 0 Å². The summed E-state index contributed by atoms with van der Waals surface area (Å²) in [7, 11) is 3.89. The van der Waals surface area contributed by atoms with Crippen molar-refractivity contribution in [3.8, 4) is 0 Å². The fourth-order valence-corrected chi connectivity index (χ4v) is 5.04. The van der Waals surface area contributed by atoms with Gasteiger partial charge in [0.25, 0.3) is 11.8 Å². The van der Waals surface area contributed by atoms with Gasteiger partial charge >= 0.3 is 0 Å². The quantitative estimate of drug-likeness (QED) is 0.102. The number of amides is 3. The molecule has 0 fully saturated rings. The first-order chi connectivity index (χ1) is 21.1. The van der Waals surface area contributed by atoms with Crippen LogP contribution in [0.25, 0.3) is 6.08 Å². The maximum Gasteiger partial charge on any atom is 0.272 e. The molecule has 44 heavy (non-hydrogen) atoms. The van der Waals surface area contributed by atoms with Gasteiger partial charge in [-0.2, -0.15) is 0 Å². The van der Waals surface area contributed by atoms with Gasteiger partial charge in [0, 0.05) is 47.2 Å². The predicted molar refractivity (Wildman–Crippen MR) is 178 cm³/mol. The molecule has 0 heterocycles. The molecule has 4 aromatic carbocycles. The zero-order valence-electron chi connectivity index (χ0n) is 25.0. The Morgan fingerprint density at radius 2 is 1.43 bits per heavy atom. The second-order valence-electron chi connectivity index (χ2n) is 10.2. The Labute approximate surface area is 261 Å². The molecular formula is C35H34N4O4S. The van der Waals surface area contributed by atoms with E-state index in [0.29, 0.717) is 22.5 Å². The molecule has 0 aliphatic rings. The molecule has 9 heteroatoms. The molecule has 0 saturated carbocycles. The third kappa shape index (κ3) is 8.92. The fourth-order valence-electron chi connectivity index (χ4n) is 4.11. The summed E-state index contributed by atoms with van der Waals surface area (Å²) in [5.74, 6) is -1.14. The number of hydrogen-bond acceptors (Lipinski definition) is 6. The van der Waals surface area contributed by atoms with Crippen molar-refractivity contribution in [2.24, 2.45) is 0 Å². The zero-order valence-corrected chi connectivity index (χ0v) is 25.8. The van der Waals surface area contributed by atoms with Gasteiger partial charge in [0.2, 0.25) is 5.91 Å². The van der Waals surface area contributed by atoms with Gasteiger partial charge < -0.3 is 20.9 Å².